The minimum absolute atomic E-state index is 0.000973. The van der Waals surface area contributed by atoms with Crippen molar-refractivity contribution in [1.82, 2.24) is 19.7 Å². The van der Waals surface area contributed by atoms with Crippen LogP contribution in [0.5, 0.6) is 0 Å². The molecule has 0 amide bonds. The van der Waals surface area contributed by atoms with Crippen LogP contribution in [0.1, 0.15) is 5.56 Å². The lowest BCUT2D eigenvalue weighted by molar-refractivity contribution is 0.301. The Morgan fingerprint density at radius 2 is 1.92 bits per heavy atom. The summed E-state index contributed by atoms with van der Waals surface area (Å²) in [5.74, 6) is 1.13. The Bertz CT molecular complexity index is 821. The number of hydrogen-bond acceptors (Lipinski definition) is 7. The number of rotatable bonds is 8. The summed E-state index contributed by atoms with van der Waals surface area (Å²) in [5.41, 5.74) is 1.80. The first-order valence-electron chi connectivity index (χ1n) is 8.17. The highest BCUT2D eigenvalue weighted by molar-refractivity contribution is 5.87. The van der Waals surface area contributed by atoms with Gasteiger partial charge in [0.15, 0.2) is 5.65 Å². The van der Waals surface area contributed by atoms with Gasteiger partial charge in [-0.05, 0) is 5.56 Å². The van der Waals surface area contributed by atoms with Crippen LogP contribution >= 0.6 is 0 Å². The summed E-state index contributed by atoms with van der Waals surface area (Å²) in [6.07, 6.45) is 1.70. The van der Waals surface area contributed by atoms with Crippen molar-refractivity contribution >= 4 is 22.8 Å². The predicted molar refractivity (Wildman–Crippen MR) is 96.5 cm³/mol. The summed E-state index contributed by atoms with van der Waals surface area (Å²) in [4.78, 5) is 11.1. The number of aliphatic hydroxyl groups excluding tert-OH is 2. The molecule has 8 heteroatoms. The topological polar surface area (TPSA) is 99.3 Å². The summed E-state index contributed by atoms with van der Waals surface area (Å²) in [6, 6.07) is 9.97. The van der Waals surface area contributed by atoms with Crippen LogP contribution in [0.2, 0.25) is 0 Å². The van der Waals surface area contributed by atoms with E-state index in [0.717, 1.165) is 10.9 Å². The number of fused-ring (bicyclic) bond motifs is 1. The van der Waals surface area contributed by atoms with E-state index in [1.807, 2.05) is 42.3 Å². The number of nitrogens with zero attached hydrogens (tertiary/aromatic N) is 5. The Kier molecular flexibility index (Phi) is 5.42. The average molecular weight is 342 g/mol. The Morgan fingerprint density at radius 3 is 2.64 bits per heavy atom. The molecule has 0 bridgehead atoms. The van der Waals surface area contributed by atoms with Gasteiger partial charge in [-0.15, -0.1) is 0 Å². The van der Waals surface area contributed by atoms with Crippen molar-refractivity contribution < 1.29 is 10.2 Å². The van der Waals surface area contributed by atoms with Gasteiger partial charge < -0.3 is 20.4 Å². The number of nitrogens with one attached hydrogen (secondary N) is 1. The van der Waals surface area contributed by atoms with Crippen LogP contribution in [0.3, 0.4) is 0 Å². The zero-order chi connectivity index (χ0) is 17.6. The molecule has 8 nitrogen and oxygen atoms in total. The highest BCUT2D eigenvalue weighted by Gasteiger charge is 2.16. The Balaban J connectivity index is 1.99. The van der Waals surface area contributed by atoms with E-state index in [1.165, 1.54) is 0 Å². The van der Waals surface area contributed by atoms with Gasteiger partial charge in [0.25, 0.3) is 0 Å². The minimum atomic E-state index is -0.000973. The Hall–Kier alpha value is -2.71. The highest BCUT2D eigenvalue weighted by Crippen LogP contribution is 2.23. The van der Waals surface area contributed by atoms with Gasteiger partial charge in [0.1, 0.15) is 5.82 Å². The molecule has 3 rings (SSSR count). The zero-order valence-corrected chi connectivity index (χ0v) is 14.1. The second-order valence-corrected chi connectivity index (χ2v) is 5.66. The Labute approximate surface area is 145 Å². The maximum atomic E-state index is 9.45. The monoisotopic (exact) mass is 342 g/mol. The summed E-state index contributed by atoms with van der Waals surface area (Å²) < 4.78 is 1.68. The quantitative estimate of drug-likeness (QED) is 0.556. The second kappa shape index (κ2) is 7.91. The van der Waals surface area contributed by atoms with E-state index in [9.17, 15) is 5.11 Å². The van der Waals surface area contributed by atoms with E-state index in [2.05, 4.69) is 20.4 Å². The molecule has 0 fully saturated rings. The number of hydrogen-bond donors (Lipinski definition) is 3. The van der Waals surface area contributed by atoms with Gasteiger partial charge in [-0.2, -0.15) is 15.1 Å². The van der Waals surface area contributed by atoms with Crippen molar-refractivity contribution in [2.24, 2.45) is 7.05 Å². The Morgan fingerprint density at radius 1 is 1.12 bits per heavy atom. The maximum Gasteiger partial charge on any atom is 0.229 e. The molecule has 0 saturated carbocycles. The lowest BCUT2D eigenvalue weighted by atomic mass is 10.2. The molecule has 1 aromatic carbocycles. The van der Waals surface area contributed by atoms with Crippen molar-refractivity contribution in [3.05, 3.63) is 42.1 Å². The maximum absolute atomic E-state index is 9.45. The fourth-order valence-electron chi connectivity index (χ4n) is 2.64. The normalized spacial score (nSPS) is 11.0. The third-order valence-electron chi connectivity index (χ3n) is 3.85. The second-order valence-electron chi connectivity index (χ2n) is 5.66. The van der Waals surface area contributed by atoms with Gasteiger partial charge in [-0.1, -0.05) is 30.3 Å². The molecule has 3 N–H and O–H groups in total. The van der Waals surface area contributed by atoms with Gasteiger partial charge in [-0.25, -0.2) is 0 Å². The first kappa shape index (κ1) is 17.1. The van der Waals surface area contributed by atoms with Gasteiger partial charge >= 0.3 is 0 Å². The summed E-state index contributed by atoms with van der Waals surface area (Å²) in [7, 11) is 1.82. The molecule has 0 unspecified atom stereocenters. The lowest BCUT2D eigenvalue weighted by Gasteiger charge is -2.22. The SMILES string of the molecule is Cn1ncc2c(NCCO)nc(N(CCO)Cc3ccccc3)nc21. The first-order chi connectivity index (χ1) is 12.2. The van der Waals surface area contributed by atoms with Gasteiger partial charge in [0.05, 0.1) is 24.8 Å². The van der Waals surface area contributed by atoms with Crippen LogP contribution in [0.4, 0.5) is 11.8 Å². The summed E-state index contributed by atoms with van der Waals surface area (Å²) in [5, 5.41) is 26.7. The van der Waals surface area contributed by atoms with E-state index in [1.54, 1.807) is 10.9 Å². The van der Waals surface area contributed by atoms with Crippen LogP contribution in [-0.4, -0.2) is 56.3 Å². The van der Waals surface area contributed by atoms with Crippen molar-refractivity contribution in [2.45, 2.75) is 6.54 Å². The van der Waals surface area contributed by atoms with Crippen molar-refractivity contribution in [3.8, 4) is 0 Å². The smallest absolute Gasteiger partial charge is 0.229 e. The summed E-state index contributed by atoms with van der Waals surface area (Å²) >= 11 is 0. The molecule has 0 saturated heterocycles. The molecule has 3 aromatic rings. The van der Waals surface area contributed by atoms with Crippen LogP contribution < -0.4 is 10.2 Å². The number of aryl methyl sites for hydroxylation is 1. The minimum Gasteiger partial charge on any atom is -0.395 e. The van der Waals surface area contributed by atoms with Gasteiger partial charge in [-0.3, -0.25) is 4.68 Å². The zero-order valence-electron chi connectivity index (χ0n) is 14.1. The molecule has 0 aliphatic carbocycles. The molecule has 0 aliphatic rings. The third kappa shape index (κ3) is 3.86. The average Bonchev–Trinajstić information content (AvgIpc) is 3.01. The molecule has 0 atom stereocenters. The van der Waals surface area contributed by atoms with Crippen LogP contribution in [-0.2, 0) is 13.6 Å². The largest absolute Gasteiger partial charge is 0.395 e. The van der Waals surface area contributed by atoms with E-state index in [4.69, 9.17) is 5.11 Å². The van der Waals surface area contributed by atoms with Crippen LogP contribution in [0.15, 0.2) is 36.5 Å². The number of aliphatic hydroxyl groups is 2. The fraction of sp³-hybridized carbons (Fsp3) is 0.353. The standard InChI is InChI=1S/C17H22N6O2/c1-22-16-14(11-19-22)15(18-7-9-24)20-17(21-16)23(8-10-25)12-13-5-3-2-4-6-13/h2-6,11,24-25H,7-10,12H2,1H3,(H,18,20,21). The van der Waals surface area contributed by atoms with E-state index >= 15 is 0 Å². The van der Waals surface area contributed by atoms with Gasteiger partial charge in [0, 0.05) is 26.7 Å². The molecule has 2 aromatic heterocycles. The molecule has 2 heterocycles. The number of anilines is 2. The van der Waals surface area contributed by atoms with Crippen LogP contribution in [0.25, 0.3) is 11.0 Å². The van der Waals surface area contributed by atoms with Gasteiger partial charge in [0.2, 0.25) is 5.95 Å². The third-order valence-corrected chi connectivity index (χ3v) is 3.85. The molecule has 0 spiro atoms. The van der Waals surface area contributed by atoms with Crippen molar-refractivity contribution in [3.63, 3.8) is 0 Å². The fourth-order valence-corrected chi connectivity index (χ4v) is 2.64. The molecular weight excluding hydrogens is 320 g/mol. The molecular formula is C17H22N6O2. The number of aromatic nitrogens is 4. The van der Waals surface area contributed by atoms with Crippen molar-refractivity contribution in [1.29, 1.82) is 0 Å². The number of benzene rings is 1. The van der Waals surface area contributed by atoms with E-state index < -0.39 is 0 Å². The van der Waals surface area contributed by atoms with E-state index in [0.29, 0.717) is 37.0 Å². The predicted octanol–water partition coefficient (Wildman–Crippen LogP) is 0.766. The lowest BCUT2D eigenvalue weighted by Crippen LogP contribution is -2.28. The van der Waals surface area contributed by atoms with Crippen LogP contribution in [0, 0.1) is 0 Å². The molecule has 132 valence electrons. The summed E-state index contributed by atoms with van der Waals surface area (Å²) in [6.45, 7) is 1.39. The van der Waals surface area contributed by atoms with Crippen molar-refractivity contribution in [2.75, 3.05) is 36.5 Å². The highest BCUT2D eigenvalue weighted by atomic mass is 16.3. The molecule has 0 radical (unpaired) electrons. The molecule has 25 heavy (non-hydrogen) atoms. The molecule has 0 aliphatic heterocycles. The first-order valence-corrected chi connectivity index (χ1v) is 8.17. The van der Waals surface area contributed by atoms with E-state index in [-0.39, 0.29) is 13.2 Å².